The number of hydrogen-bond donors (Lipinski definition) is 6. The van der Waals surface area contributed by atoms with E-state index in [1.54, 1.807) is 20.8 Å². The summed E-state index contributed by atoms with van der Waals surface area (Å²) in [4.78, 5) is 46.2. The number of nitrogens with zero attached hydrogens (tertiary/aromatic N) is 1. The topological polar surface area (TPSA) is 196 Å². The molecule has 4 bridgehead atoms. The summed E-state index contributed by atoms with van der Waals surface area (Å²) in [6, 6.07) is 20.9. The van der Waals surface area contributed by atoms with Gasteiger partial charge in [0.2, 0.25) is 5.91 Å². The number of ether oxygens (including phenoxy) is 1. The van der Waals surface area contributed by atoms with Crippen LogP contribution in [0, 0.1) is 16.7 Å². The SMILES string of the molecule is CC(C)(C)OC(=O)NC12CC(C(=O)O)(C1)C2.CC(C)(C)[Si](O[C@H]1C[C@@H](C(=NO)NC(=O)C23CC(NC(=O)O)(C2)C3)C1)(c1ccccc1)c1ccccc1. The van der Waals surface area contributed by atoms with Crippen molar-refractivity contribution >= 4 is 48.6 Å². The minimum absolute atomic E-state index is 0.0251. The number of oxime groups is 1. The van der Waals surface area contributed by atoms with Crippen molar-refractivity contribution in [1.82, 2.24) is 16.0 Å². The molecule has 6 N–H and O–H groups in total. The lowest BCUT2D eigenvalue weighted by atomic mass is 9.39. The maximum Gasteiger partial charge on any atom is 0.408 e. The van der Waals surface area contributed by atoms with Gasteiger partial charge < -0.3 is 40.5 Å². The van der Waals surface area contributed by atoms with Crippen molar-refractivity contribution in [2.24, 2.45) is 21.9 Å². The van der Waals surface area contributed by atoms with Gasteiger partial charge in [0.1, 0.15) is 5.60 Å². The number of benzene rings is 2. The van der Waals surface area contributed by atoms with Gasteiger partial charge in [0.05, 0.1) is 10.8 Å². The number of carboxylic acids is 1. The summed E-state index contributed by atoms with van der Waals surface area (Å²) in [5.74, 6) is -0.765. The van der Waals surface area contributed by atoms with E-state index >= 15 is 0 Å². The number of hydrogen-bond acceptors (Lipinski definition) is 8. The second-order valence-electron chi connectivity index (χ2n) is 18.1. The smallest absolute Gasteiger partial charge is 0.408 e. The van der Waals surface area contributed by atoms with Gasteiger partial charge in [-0.2, -0.15) is 0 Å². The zero-order valence-corrected chi connectivity index (χ0v) is 32.3. The van der Waals surface area contributed by atoms with Gasteiger partial charge in [-0.15, -0.1) is 0 Å². The largest absolute Gasteiger partial charge is 0.481 e. The van der Waals surface area contributed by atoms with Crippen LogP contribution in [0.1, 0.15) is 92.9 Å². The normalized spacial score (nSPS) is 30.9. The van der Waals surface area contributed by atoms with E-state index in [1.807, 2.05) is 12.1 Å². The van der Waals surface area contributed by atoms with Gasteiger partial charge in [-0.25, -0.2) is 9.59 Å². The summed E-state index contributed by atoms with van der Waals surface area (Å²) < 4.78 is 12.3. The van der Waals surface area contributed by atoms with Crippen molar-refractivity contribution < 1.29 is 43.8 Å². The average molecular weight is 749 g/mol. The molecule has 9 rings (SSSR count). The van der Waals surface area contributed by atoms with Crippen LogP contribution in [-0.2, 0) is 18.8 Å². The number of carboxylic acid groups (broad SMARTS) is 2. The second-order valence-corrected chi connectivity index (χ2v) is 22.3. The molecule has 13 nitrogen and oxygen atoms in total. The van der Waals surface area contributed by atoms with Crippen molar-refractivity contribution in [3.8, 4) is 0 Å². The van der Waals surface area contributed by atoms with E-state index in [-0.39, 0.29) is 34.3 Å². The van der Waals surface area contributed by atoms with E-state index in [0.717, 1.165) is 0 Å². The molecule has 2 aromatic rings. The predicted molar refractivity (Wildman–Crippen MR) is 199 cm³/mol. The highest BCUT2D eigenvalue weighted by molar-refractivity contribution is 6.99. The minimum atomic E-state index is -2.68. The third-order valence-electron chi connectivity index (χ3n) is 11.7. The molecule has 0 heterocycles. The van der Waals surface area contributed by atoms with Crippen LogP contribution in [-0.4, -0.2) is 76.4 Å². The van der Waals surface area contributed by atoms with Crippen LogP contribution in [0.25, 0.3) is 0 Å². The first-order valence-electron chi connectivity index (χ1n) is 18.3. The Morgan fingerprint density at radius 3 is 1.64 bits per heavy atom. The zero-order chi connectivity index (χ0) is 38.7. The highest BCUT2D eigenvalue weighted by atomic mass is 28.4. The zero-order valence-electron chi connectivity index (χ0n) is 31.3. The van der Waals surface area contributed by atoms with Crippen LogP contribution in [0.3, 0.4) is 0 Å². The molecule has 0 radical (unpaired) electrons. The van der Waals surface area contributed by atoms with Crippen molar-refractivity contribution in [3.05, 3.63) is 60.7 Å². The molecule has 14 heteroatoms. The van der Waals surface area contributed by atoms with E-state index < -0.39 is 48.4 Å². The highest BCUT2D eigenvalue weighted by Crippen LogP contribution is 2.68. The van der Waals surface area contributed by atoms with Crippen molar-refractivity contribution in [2.45, 2.75) is 121 Å². The van der Waals surface area contributed by atoms with Gasteiger partial charge in [-0.05, 0) is 87.5 Å². The first-order valence-corrected chi connectivity index (χ1v) is 20.2. The van der Waals surface area contributed by atoms with Gasteiger partial charge in [0.25, 0.3) is 8.32 Å². The van der Waals surface area contributed by atoms with Gasteiger partial charge in [0, 0.05) is 23.1 Å². The molecule has 0 aromatic heterocycles. The molecule has 7 aliphatic carbocycles. The Labute approximate surface area is 311 Å². The van der Waals surface area contributed by atoms with Gasteiger partial charge in [-0.3, -0.25) is 9.59 Å². The van der Waals surface area contributed by atoms with E-state index in [0.29, 0.717) is 51.4 Å². The van der Waals surface area contributed by atoms with Gasteiger partial charge in [-0.1, -0.05) is 86.6 Å². The molecular formula is C39H52N4O9Si. The molecule has 53 heavy (non-hydrogen) atoms. The maximum atomic E-state index is 12.9. The summed E-state index contributed by atoms with van der Waals surface area (Å²) in [7, 11) is -2.68. The Morgan fingerprint density at radius 2 is 1.23 bits per heavy atom. The minimum Gasteiger partial charge on any atom is -0.481 e. The third-order valence-corrected chi connectivity index (χ3v) is 16.8. The maximum absolute atomic E-state index is 12.9. The van der Waals surface area contributed by atoms with E-state index in [2.05, 4.69) is 90.4 Å². The quantitative estimate of drug-likeness (QED) is 0.0676. The number of amides is 3. The molecule has 7 saturated carbocycles. The highest BCUT2D eigenvalue weighted by Gasteiger charge is 2.73. The lowest BCUT2D eigenvalue weighted by molar-refractivity contribution is -0.197. The lowest BCUT2D eigenvalue weighted by Gasteiger charge is -2.68. The van der Waals surface area contributed by atoms with Gasteiger partial charge >= 0.3 is 18.2 Å². The molecule has 0 aliphatic heterocycles. The van der Waals surface area contributed by atoms with Crippen LogP contribution in [0.2, 0.25) is 5.04 Å². The Morgan fingerprint density at radius 1 is 0.755 bits per heavy atom. The van der Waals surface area contributed by atoms with Crippen LogP contribution in [0.4, 0.5) is 9.59 Å². The van der Waals surface area contributed by atoms with Crippen molar-refractivity contribution in [1.29, 1.82) is 0 Å². The Kier molecular flexibility index (Phi) is 9.50. The van der Waals surface area contributed by atoms with Crippen LogP contribution in [0.5, 0.6) is 0 Å². The van der Waals surface area contributed by atoms with Crippen molar-refractivity contribution in [2.75, 3.05) is 0 Å². The molecule has 3 amide bonds. The second kappa shape index (κ2) is 13.1. The monoisotopic (exact) mass is 748 g/mol. The molecule has 7 aliphatic rings. The first kappa shape index (κ1) is 38.3. The number of amidine groups is 1. The molecule has 2 aromatic carbocycles. The number of nitrogens with one attached hydrogen (secondary N) is 3. The van der Waals surface area contributed by atoms with Crippen molar-refractivity contribution in [3.63, 3.8) is 0 Å². The molecule has 0 unspecified atom stereocenters. The number of rotatable bonds is 9. The standard InChI is InChI=1S/C28H35N3O5Si.C11H17NO4/c1-26(2,3)37(21-10-6-4-7-11-21,22-12-8-5-9-13-22)36-20-14-19(15-20)23(31-35)29-24(32)27-16-28(17-27,18-27)30-25(33)34;1-9(2,3)16-8(15)12-11-4-10(5-11,6-11)7(13)14/h4-13,19-20,30,35H,14-18H2,1-3H3,(H,33,34)(H,29,31,32);4-6H2,1-3H3,(H,12,15)(H,13,14)/t19-,20+,27?,28?;. The third kappa shape index (κ3) is 7.03. The van der Waals surface area contributed by atoms with Gasteiger partial charge in [0.15, 0.2) is 5.84 Å². The number of carbonyl (C=O) groups excluding carboxylic acids is 2. The van der Waals surface area contributed by atoms with E-state index in [9.17, 15) is 24.4 Å². The lowest BCUT2D eigenvalue weighted by Crippen LogP contribution is -2.78. The molecule has 7 fully saturated rings. The fraction of sp³-hybridized carbons (Fsp3) is 0.564. The molecule has 286 valence electrons. The van der Waals surface area contributed by atoms with E-state index in [4.69, 9.17) is 19.4 Å². The van der Waals surface area contributed by atoms with Crippen LogP contribution < -0.4 is 26.3 Å². The molecule has 0 spiro atoms. The average Bonchev–Trinajstić information content (AvgIpc) is 2.97. The van der Waals surface area contributed by atoms with Crippen LogP contribution >= 0.6 is 0 Å². The van der Waals surface area contributed by atoms with E-state index in [1.165, 1.54) is 10.4 Å². The summed E-state index contributed by atoms with van der Waals surface area (Å²) >= 11 is 0. The summed E-state index contributed by atoms with van der Waals surface area (Å²) in [6.45, 7) is 12.1. The fourth-order valence-corrected chi connectivity index (χ4v) is 14.0. The summed E-state index contributed by atoms with van der Waals surface area (Å²) in [5, 5.41) is 41.5. The predicted octanol–water partition coefficient (Wildman–Crippen LogP) is 4.95. The molecule has 0 atom stereocenters. The fourth-order valence-electron chi connectivity index (χ4n) is 9.34. The molecular weight excluding hydrogens is 697 g/mol. The Hall–Kier alpha value is -4.43. The van der Waals surface area contributed by atoms with Crippen LogP contribution in [0.15, 0.2) is 65.8 Å². The number of carbonyl (C=O) groups is 4. The number of aliphatic carboxylic acids is 1. The Bertz CT molecular complexity index is 1700. The summed E-state index contributed by atoms with van der Waals surface area (Å²) in [6.07, 6.45) is 2.84. The summed E-state index contributed by atoms with van der Waals surface area (Å²) in [5.41, 5.74) is -2.41. The Balaban J connectivity index is 0.000000250. The molecule has 0 saturated heterocycles. The number of alkyl carbamates (subject to hydrolysis) is 1. The first-order chi connectivity index (χ1) is 24.7.